The van der Waals surface area contributed by atoms with Crippen LogP contribution in [0.3, 0.4) is 0 Å². The largest absolute Gasteiger partial charge is 0.381 e. The highest BCUT2D eigenvalue weighted by Crippen LogP contribution is 2.45. The minimum Gasteiger partial charge on any atom is -0.381 e. The monoisotopic (exact) mass is 266 g/mol. The highest BCUT2D eigenvalue weighted by atomic mass is 16.5. The Hall–Kier alpha value is -1.43. The highest BCUT2D eigenvalue weighted by molar-refractivity contribution is 6.19. The zero-order valence-corrected chi connectivity index (χ0v) is 11.0. The fourth-order valence-electron chi connectivity index (χ4n) is 3.37. The van der Waals surface area contributed by atoms with Gasteiger partial charge in [0.2, 0.25) is 11.8 Å². The van der Waals surface area contributed by atoms with Crippen LogP contribution in [0.4, 0.5) is 4.79 Å². The predicted octanol–water partition coefficient (Wildman–Crippen LogP) is 0.803. The van der Waals surface area contributed by atoms with E-state index < -0.39 is 17.4 Å². The van der Waals surface area contributed by atoms with Crippen molar-refractivity contribution in [3.05, 3.63) is 0 Å². The van der Waals surface area contributed by atoms with Crippen LogP contribution in [0.2, 0.25) is 0 Å². The fraction of sp³-hybridized carbons (Fsp3) is 0.769. The Morgan fingerprint density at radius 3 is 2.53 bits per heavy atom. The van der Waals surface area contributed by atoms with Crippen LogP contribution in [0.5, 0.6) is 0 Å². The molecule has 1 N–H and O–H groups in total. The van der Waals surface area contributed by atoms with Crippen molar-refractivity contribution >= 4 is 17.8 Å². The first-order valence-electron chi connectivity index (χ1n) is 6.80. The summed E-state index contributed by atoms with van der Waals surface area (Å²) < 4.78 is 5.28. The number of nitrogens with zero attached hydrogens (tertiary/aromatic N) is 1. The zero-order valence-electron chi connectivity index (χ0n) is 11.0. The number of ether oxygens (including phenoxy) is 1. The predicted molar refractivity (Wildman–Crippen MR) is 65.1 cm³/mol. The Bertz CT molecular complexity index is 444. The van der Waals surface area contributed by atoms with Crippen LogP contribution in [-0.4, -0.2) is 42.0 Å². The van der Waals surface area contributed by atoms with Crippen LogP contribution in [0.25, 0.3) is 0 Å². The van der Waals surface area contributed by atoms with Crippen LogP contribution >= 0.6 is 0 Å². The molecular formula is C13H18N2O4. The first kappa shape index (κ1) is 12.6. The molecule has 1 spiro atoms. The number of imide groups is 2. The number of barbiturate groups is 1. The fourth-order valence-corrected chi connectivity index (χ4v) is 3.37. The Labute approximate surface area is 111 Å². The molecule has 3 aliphatic rings. The summed E-state index contributed by atoms with van der Waals surface area (Å²) in [5.74, 6) is -0.708. The second-order valence-electron chi connectivity index (χ2n) is 5.69. The maximum atomic E-state index is 12.5. The second-order valence-corrected chi connectivity index (χ2v) is 5.69. The summed E-state index contributed by atoms with van der Waals surface area (Å²) in [5.41, 5.74) is -0.959. The summed E-state index contributed by atoms with van der Waals surface area (Å²) in [6.45, 7) is 0. The van der Waals surface area contributed by atoms with Gasteiger partial charge in [0.25, 0.3) is 0 Å². The van der Waals surface area contributed by atoms with Gasteiger partial charge in [-0.3, -0.25) is 19.8 Å². The molecule has 0 aromatic carbocycles. The zero-order chi connectivity index (χ0) is 13.6. The Balaban J connectivity index is 1.82. The molecule has 4 amide bonds. The minimum atomic E-state index is -0.959. The van der Waals surface area contributed by atoms with Crippen molar-refractivity contribution in [2.24, 2.45) is 5.41 Å². The maximum absolute atomic E-state index is 12.5. The minimum absolute atomic E-state index is 0.0977. The van der Waals surface area contributed by atoms with Crippen molar-refractivity contribution in [2.75, 3.05) is 7.11 Å². The van der Waals surface area contributed by atoms with Gasteiger partial charge in [-0.25, -0.2) is 4.79 Å². The third-order valence-corrected chi connectivity index (χ3v) is 4.76. The molecule has 1 saturated heterocycles. The van der Waals surface area contributed by atoms with Gasteiger partial charge in [0.1, 0.15) is 5.41 Å². The van der Waals surface area contributed by atoms with Gasteiger partial charge in [-0.2, -0.15) is 0 Å². The molecule has 1 heterocycles. The van der Waals surface area contributed by atoms with Gasteiger partial charge in [0.05, 0.1) is 6.10 Å². The van der Waals surface area contributed by atoms with E-state index in [0.717, 1.165) is 19.3 Å². The van der Waals surface area contributed by atoms with Gasteiger partial charge in [0.15, 0.2) is 0 Å². The molecule has 2 unspecified atom stereocenters. The Morgan fingerprint density at radius 1 is 1.26 bits per heavy atom. The van der Waals surface area contributed by atoms with Gasteiger partial charge in [-0.15, -0.1) is 0 Å². The summed E-state index contributed by atoms with van der Waals surface area (Å²) in [4.78, 5) is 37.7. The summed E-state index contributed by atoms with van der Waals surface area (Å²) in [6, 6.07) is -0.697. The Morgan fingerprint density at radius 2 is 2.00 bits per heavy atom. The first-order chi connectivity index (χ1) is 9.08. The van der Waals surface area contributed by atoms with Crippen molar-refractivity contribution in [1.82, 2.24) is 10.2 Å². The first-order valence-corrected chi connectivity index (χ1v) is 6.80. The van der Waals surface area contributed by atoms with E-state index in [4.69, 9.17) is 4.74 Å². The lowest BCUT2D eigenvalue weighted by Crippen LogP contribution is -2.67. The molecule has 1 aliphatic heterocycles. The number of carbonyl (C=O) groups excluding carboxylic acids is 3. The number of nitrogens with one attached hydrogen (secondary N) is 1. The van der Waals surface area contributed by atoms with E-state index in [2.05, 4.69) is 5.32 Å². The van der Waals surface area contributed by atoms with Crippen molar-refractivity contribution in [3.63, 3.8) is 0 Å². The molecule has 2 atom stereocenters. The smallest absolute Gasteiger partial charge is 0.331 e. The number of amides is 4. The second kappa shape index (κ2) is 4.30. The standard InChI is InChI=1S/C13H18N2O4/c1-19-9-4-3-8(7-9)15-11(17)13(5-2-6-13)10(16)14-12(15)18/h8-9H,2-7H2,1H3,(H,14,16,18). The summed E-state index contributed by atoms with van der Waals surface area (Å²) in [6.07, 6.45) is 4.35. The third-order valence-electron chi connectivity index (χ3n) is 4.76. The van der Waals surface area contributed by atoms with Crippen molar-refractivity contribution in [1.29, 1.82) is 0 Å². The van der Waals surface area contributed by atoms with Gasteiger partial charge in [-0.1, -0.05) is 6.42 Å². The number of methoxy groups -OCH3 is 1. The van der Waals surface area contributed by atoms with E-state index in [1.807, 2.05) is 0 Å². The molecule has 3 fully saturated rings. The maximum Gasteiger partial charge on any atom is 0.331 e. The lowest BCUT2D eigenvalue weighted by molar-refractivity contribution is -0.159. The lowest BCUT2D eigenvalue weighted by atomic mass is 9.66. The van der Waals surface area contributed by atoms with E-state index in [1.165, 1.54) is 4.90 Å². The number of rotatable bonds is 2. The molecule has 0 aromatic heterocycles. The molecule has 0 radical (unpaired) electrons. The normalized spacial score (nSPS) is 33.5. The number of carbonyl (C=O) groups is 3. The number of hydrogen-bond donors (Lipinski definition) is 1. The average Bonchev–Trinajstić information content (AvgIpc) is 2.75. The van der Waals surface area contributed by atoms with E-state index in [9.17, 15) is 14.4 Å². The van der Waals surface area contributed by atoms with Gasteiger partial charge < -0.3 is 4.74 Å². The van der Waals surface area contributed by atoms with E-state index in [1.54, 1.807) is 7.11 Å². The number of urea groups is 1. The molecule has 104 valence electrons. The third kappa shape index (κ3) is 1.69. The van der Waals surface area contributed by atoms with Gasteiger partial charge in [-0.05, 0) is 32.1 Å². The highest BCUT2D eigenvalue weighted by Gasteiger charge is 2.58. The molecule has 0 aromatic rings. The van der Waals surface area contributed by atoms with E-state index >= 15 is 0 Å². The summed E-state index contributed by atoms with van der Waals surface area (Å²) >= 11 is 0. The Kier molecular flexibility index (Phi) is 2.85. The molecule has 3 rings (SSSR count). The number of hydrogen-bond acceptors (Lipinski definition) is 4. The molecule has 0 bridgehead atoms. The quantitative estimate of drug-likeness (QED) is 0.750. The molecule has 6 nitrogen and oxygen atoms in total. The van der Waals surface area contributed by atoms with Crippen molar-refractivity contribution in [2.45, 2.75) is 50.7 Å². The van der Waals surface area contributed by atoms with Crippen LogP contribution < -0.4 is 5.32 Å². The van der Waals surface area contributed by atoms with E-state index in [-0.39, 0.29) is 18.1 Å². The van der Waals surface area contributed by atoms with Crippen LogP contribution in [0, 0.1) is 5.41 Å². The van der Waals surface area contributed by atoms with Crippen molar-refractivity contribution in [3.8, 4) is 0 Å². The average molecular weight is 266 g/mol. The van der Waals surface area contributed by atoms with Crippen LogP contribution in [0.1, 0.15) is 38.5 Å². The van der Waals surface area contributed by atoms with E-state index in [0.29, 0.717) is 19.3 Å². The molecule has 6 heteroatoms. The lowest BCUT2D eigenvalue weighted by Gasteiger charge is -2.46. The SMILES string of the molecule is COC1CCC(N2C(=O)NC(=O)C3(CCC3)C2=O)C1. The summed E-state index contributed by atoms with van der Waals surface area (Å²) in [7, 11) is 1.64. The summed E-state index contributed by atoms with van der Waals surface area (Å²) in [5, 5.41) is 2.35. The molecule has 2 saturated carbocycles. The molecule has 2 aliphatic carbocycles. The van der Waals surface area contributed by atoms with Crippen molar-refractivity contribution < 1.29 is 19.1 Å². The molecular weight excluding hydrogens is 248 g/mol. The van der Waals surface area contributed by atoms with Gasteiger partial charge in [0, 0.05) is 13.2 Å². The molecule has 19 heavy (non-hydrogen) atoms. The van der Waals surface area contributed by atoms with Crippen LogP contribution in [0.15, 0.2) is 0 Å². The topological polar surface area (TPSA) is 75.7 Å². The van der Waals surface area contributed by atoms with Crippen LogP contribution in [-0.2, 0) is 14.3 Å². The van der Waals surface area contributed by atoms with Gasteiger partial charge >= 0.3 is 6.03 Å².